The number of hydrogen-bond donors (Lipinski definition) is 0. The van der Waals surface area contributed by atoms with Gasteiger partial charge in [-0.1, -0.05) is 6.07 Å². The Kier molecular flexibility index (Phi) is 2.41. The van der Waals surface area contributed by atoms with Crippen molar-refractivity contribution in [3.05, 3.63) is 35.4 Å². The summed E-state index contributed by atoms with van der Waals surface area (Å²) < 4.78 is 50.0. The van der Waals surface area contributed by atoms with Crippen LogP contribution in [0.25, 0.3) is 0 Å². The van der Waals surface area contributed by atoms with E-state index in [9.17, 15) is 17.6 Å². The minimum atomic E-state index is -3.66. The Morgan fingerprint density at radius 1 is 1.08 bits per heavy atom. The first-order chi connectivity index (χ1) is 5.43. The molecular formula is C7H3BrF4. The fourth-order valence-electron chi connectivity index (χ4n) is 0.769. The van der Waals surface area contributed by atoms with E-state index in [4.69, 9.17) is 0 Å². The van der Waals surface area contributed by atoms with E-state index in [0.717, 1.165) is 18.2 Å². The van der Waals surface area contributed by atoms with Crippen LogP contribution in [0.2, 0.25) is 0 Å². The zero-order valence-corrected chi connectivity index (χ0v) is 7.21. The van der Waals surface area contributed by atoms with E-state index in [-0.39, 0.29) is 0 Å². The van der Waals surface area contributed by atoms with Gasteiger partial charge in [-0.3, -0.25) is 0 Å². The van der Waals surface area contributed by atoms with E-state index >= 15 is 0 Å². The van der Waals surface area contributed by atoms with Gasteiger partial charge in [-0.2, -0.15) is 8.78 Å². The molecule has 12 heavy (non-hydrogen) atoms. The molecule has 66 valence electrons. The Bertz CT molecular complexity index is 272. The quantitative estimate of drug-likeness (QED) is 0.523. The fourth-order valence-corrected chi connectivity index (χ4v) is 1.15. The second-order valence-corrected chi connectivity index (χ2v) is 3.09. The van der Waals surface area contributed by atoms with Crippen LogP contribution < -0.4 is 0 Å². The first-order valence-electron chi connectivity index (χ1n) is 2.94. The maximum atomic E-state index is 12.6. The summed E-state index contributed by atoms with van der Waals surface area (Å²) >= 11 is 1.87. The van der Waals surface area contributed by atoms with Gasteiger partial charge in [-0.25, -0.2) is 8.78 Å². The Morgan fingerprint density at radius 2 is 1.50 bits per heavy atom. The summed E-state index contributed by atoms with van der Waals surface area (Å²) in [5, 5.41) is 0. The Morgan fingerprint density at radius 3 is 1.75 bits per heavy atom. The highest BCUT2D eigenvalue weighted by atomic mass is 79.9. The van der Waals surface area contributed by atoms with Crippen molar-refractivity contribution in [3.63, 3.8) is 0 Å². The summed E-state index contributed by atoms with van der Waals surface area (Å²) in [6.07, 6.45) is 0. The summed E-state index contributed by atoms with van der Waals surface area (Å²) in [5.74, 6) is -2.53. The van der Waals surface area contributed by atoms with E-state index in [0.29, 0.717) is 0 Å². The van der Waals surface area contributed by atoms with Gasteiger partial charge in [-0.05, 0) is 28.1 Å². The molecule has 0 aromatic heterocycles. The van der Waals surface area contributed by atoms with Crippen molar-refractivity contribution in [2.75, 3.05) is 0 Å². The van der Waals surface area contributed by atoms with Crippen molar-refractivity contribution in [1.29, 1.82) is 0 Å². The molecule has 1 aromatic rings. The largest absolute Gasteiger partial charge is 0.332 e. The number of halogens is 5. The highest BCUT2D eigenvalue weighted by molar-refractivity contribution is 9.09. The van der Waals surface area contributed by atoms with E-state index in [1.165, 1.54) is 0 Å². The molecule has 0 bridgehead atoms. The summed E-state index contributed by atoms with van der Waals surface area (Å²) in [5.41, 5.74) is -1.26. The minimum absolute atomic E-state index is 0.771. The van der Waals surface area contributed by atoms with E-state index < -0.39 is 22.0 Å². The number of rotatable bonds is 1. The third-order valence-corrected chi connectivity index (χ3v) is 1.64. The summed E-state index contributed by atoms with van der Waals surface area (Å²) in [6, 6.07) is 2.56. The number of hydrogen-bond acceptors (Lipinski definition) is 0. The molecule has 0 atom stereocenters. The molecule has 0 unspecified atom stereocenters. The minimum Gasteiger partial charge on any atom is -0.206 e. The predicted molar refractivity (Wildman–Crippen MR) is 39.2 cm³/mol. The van der Waals surface area contributed by atoms with Crippen LogP contribution in [0.5, 0.6) is 0 Å². The fraction of sp³-hybridized carbons (Fsp3) is 0.143. The first kappa shape index (κ1) is 9.51. The zero-order valence-electron chi connectivity index (χ0n) is 5.62. The summed E-state index contributed by atoms with van der Waals surface area (Å²) in [4.78, 5) is -3.66. The topological polar surface area (TPSA) is 0 Å². The van der Waals surface area contributed by atoms with E-state index in [2.05, 4.69) is 0 Å². The lowest BCUT2D eigenvalue weighted by atomic mass is 10.2. The van der Waals surface area contributed by atoms with Crippen molar-refractivity contribution in [1.82, 2.24) is 0 Å². The Balaban J connectivity index is 3.31. The normalized spacial score (nSPS) is 11.8. The second-order valence-electron chi connectivity index (χ2n) is 2.09. The lowest BCUT2D eigenvalue weighted by molar-refractivity contribution is 0.105. The van der Waals surface area contributed by atoms with Gasteiger partial charge in [0.15, 0.2) is 0 Å². The highest BCUT2D eigenvalue weighted by Crippen LogP contribution is 2.37. The third-order valence-electron chi connectivity index (χ3n) is 1.25. The van der Waals surface area contributed by atoms with Crippen LogP contribution in [-0.2, 0) is 4.83 Å². The van der Waals surface area contributed by atoms with Gasteiger partial charge < -0.3 is 0 Å². The predicted octanol–water partition coefficient (Wildman–Crippen LogP) is 3.41. The molecular weight excluding hydrogens is 240 g/mol. The molecule has 0 aliphatic heterocycles. The summed E-state index contributed by atoms with van der Waals surface area (Å²) in [7, 11) is 0. The van der Waals surface area contributed by atoms with Crippen molar-refractivity contribution in [3.8, 4) is 0 Å². The van der Waals surface area contributed by atoms with Gasteiger partial charge in [0.05, 0.1) is 0 Å². The molecule has 0 nitrogen and oxygen atoms in total. The highest BCUT2D eigenvalue weighted by Gasteiger charge is 2.33. The van der Waals surface area contributed by atoms with Gasteiger partial charge in [0, 0.05) is 0 Å². The molecule has 0 fully saturated rings. The second kappa shape index (κ2) is 3.05. The third kappa shape index (κ3) is 1.77. The maximum absolute atomic E-state index is 12.6. The molecule has 5 heteroatoms. The van der Waals surface area contributed by atoms with Gasteiger partial charge in [0.25, 0.3) is 0 Å². The Hall–Kier alpha value is -0.580. The van der Waals surface area contributed by atoms with Crippen LogP contribution in [0.4, 0.5) is 17.6 Å². The molecule has 0 amide bonds. The Labute approximate surface area is 74.3 Å². The average molecular weight is 243 g/mol. The zero-order chi connectivity index (χ0) is 9.35. The van der Waals surface area contributed by atoms with Crippen LogP contribution in [-0.4, -0.2) is 0 Å². The van der Waals surface area contributed by atoms with Crippen molar-refractivity contribution >= 4 is 15.9 Å². The van der Waals surface area contributed by atoms with Gasteiger partial charge in [-0.15, -0.1) is 0 Å². The molecule has 0 aliphatic carbocycles. The van der Waals surface area contributed by atoms with E-state index in [1.54, 1.807) is 0 Å². The van der Waals surface area contributed by atoms with Crippen molar-refractivity contribution in [2.24, 2.45) is 0 Å². The molecule has 0 radical (unpaired) electrons. The van der Waals surface area contributed by atoms with Crippen molar-refractivity contribution in [2.45, 2.75) is 4.83 Å². The van der Waals surface area contributed by atoms with Crippen LogP contribution in [0, 0.1) is 11.6 Å². The standard InChI is InChI=1S/C7H3BrF4/c8-7(11,12)6-4(9)2-1-3-5(6)10/h1-3H. The van der Waals surface area contributed by atoms with Gasteiger partial charge >= 0.3 is 4.83 Å². The SMILES string of the molecule is Fc1cccc(F)c1C(F)(F)Br. The lowest BCUT2D eigenvalue weighted by Crippen LogP contribution is -2.08. The maximum Gasteiger partial charge on any atom is 0.332 e. The molecule has 0 N–H and O–H groups in total. The molecule has 1 aromatic carbocycles. The molecule has 0 heterocycles. The van der Waals surface area contributed by atoms with Crippen LogP contribution >= 0.6 is 15.9 Å². The number of alkyl halides is 3. The van der Waals surface area contributed by atoms with Crippen molar-refractivity contribution < 1.29 is 17.6 Å². The van der Waals surface area contributed by atoms with Gasteiger partial charge in [0.2, 0.25) is 0 Å². The van der Waals surface area contributed by atoms with Crippen LogP contribution in [0.15, 0.2) is 18.2 Å². The van der Waals surface area contributed by atoms with Gasteiger partial charge in [0.1, 0.15) is 17.2 Å². The van der Waals surface area contributed by atoms with Crippen LogP contribution in [0.3, 0.4) is 0 Å². The molecule has 0 saturated carbocycles. The van der Waals surface area contributed by atoms with Crippen LogP contribution in [0.1, 0.15) is 5.56 Å². The monoisotopic (exact) mass is 242 g/mol. The first-order valence-corrected chi connectivity index (χ1v) is 3.73. The molecule has 0 spiro atoms. The molecule has 1 rings (SSSR count). The molecule has 0 saturated heterocycles. The molecule has 0 aliphatic rings. The van der Waals surface area contributed by atoms with E-state index in [1.807, 2.05) is 15.9 Å². The lowest BCUT2D eigenvalue weighted by Gasteiger charge is -2.09. The smallest absolute Gasteiger partial charge is 0.206 e. The average Bonchev–Trinajstić information content (AvgIpc) is 1.82. The number of benzene rings is 1. The summed E-state index contributed by atoms with van der Waals surface area (Å²) in [6.45, 7) is 0.